The minimum atomic E-state index is -0.915. The monoisotopic (exact) mass is 232 g/mol. The van der Waals surface area contributed by atoms with Gasteiger partial charge in [-0.15, -0.1) is 0 Å². The third-order valence-corrected chi connectivity index (χ3v) is 2.28. The second kappa shape index (κ2) is 5.48. The molecule has 1 aliphatic heterocycles. The SMILES string of the molecule is O=C(O)CC#Cc1ccc(C2OCCO2)cc1. The molecule has 1 saturated heterocycles. The van der Waals surface area contributed by atoms with Crippen molar-refractivity contribution in [2.75, 3.05) is 13.2 Å². The van der Waals surface area contributed by atoms with Crippen LogP contribution >= 0.6 is 0 Å². The third kappa shape index (κ3) is 3.31. The first-order chi connectivity index (χ1) is 8.25. The highest BCUT2D eigenvalue weighted by Crippen LogP contribution is 2.22. The largest absolute Gasteiger partial charge is 0.481 e. The van der Waals surface area contributed by atoms with Gasteiger partial charge in [-0.05, 0) is 12.1 Å². The highest BCUT2D eigenvalue weighted by atomic mass is 16.7. The maximum atomic E-state index is 10.3. The molecule has 1 fully saturated rings. The molecule has 0 atom stereocenters. The number of hydrogen-bond acceptors (Lipinski definition) is 3. The van der Waals surface area contributed by atoms with E-state index in [1.54, 1.807) is 0 Å². The lowest BCUT2D eigenvalue weighted by Gasteiger charge is -2.08. The van der Waals surface area contributed by atoms with Gasteiger partial charge in [0.25, 0.3) is 0 Å². The minimum absolute atomic E-state index is 0.142. The first kappa shape index (κ1) is 11.6. The predicted molar refractivity (Wildman–Crippen MR) is 60.2 cm³/mol. The van der Waals surface area contributed by atoms with Crippen LogP contribution in [0, 0.1) is 11.8 Å². The average Bonchev–Trinajstić information content (AvgIpc) is 2.83. The van der Waals surface area contributed by atoms with Gasteiger partial charge in [-0.2, -0.15) is 0 Å². The van der Waals surface area contributed by atoms with E-state index >= 15 is 0 Å². The fourth-order valence-electron chi connectivity index (χ4n) is 1.50. The summed E-state index contributed by atoms with van der Waals surface area (Å²) < 4.78 is 10.7. The zero-order valence-electron chi connectivity index (χ0n) is 9.18. The van der Waals surface area contributed by atoms with E-state index in [1.807, 2.05) is 24.3 Å². The van der Waals surface area contributed by atoms with Crippen LogP contribution in [-0.4, -0.2) is 24.3 Å². The maximum absolute atomic E-state index is 10.3. The number of ether oxygens (including phenoxy) is 2. The molecule has 0 spiro atoms. The lowest BCUT2D eigenvalue weighted by atomic mass is 10.1. The Bertz CT molecular complexity index is 447. The van der Waals surface area contributed by atoms with Crippen LogP contribution in [0.25, 0.3) is 0 Å². The Morgan fingerprint density at radius 2 is 1.94 bits per heavy atom. The minimum Gasteiger partial charge on any atom is -0.481 e. The molecule has 1 N–H and O–H groups in total. The second-order valence-electron chi connectivity index (χ2n) is 3.57. The predicted octanol–water partition coefficient (Wildman–Crippen LogP) is 1.56. The number of aliphatic carboxylic acids is 1. The molecule has 0 saturated carbocycles. The van der Waals surface area contributed by atoms with E-state index in [9.17, 15) is 4.79 Å². The normalized spacial score (nSPS) is 15.3. The van der Waals surface area contributed by atoms with E-state index in [0.29, 0.717) is 13.2 Å². The van der Waals surface area contributed by atoms with Crippen LogP contribution in [0.2, 0.25) is 0 Å². The topological polar surface area (TPSA) is 55.8 Å². The molecule has 0 unspecified atom stereocenters. The van der Waals surface area contributed by atoms with E-state index in [4.69, 9.17) is 14.6 Å². The first-order valence-electron chi connectivity index (χ1n) is 5.29. The Morgan fingerprint density at radius 1 is 1.29 bits per heavy atom. The van der Waals surface area contributed by atoms with Gasteiger partial charge < -0.3 is 14.6 Å². The lowest BCUT2D eigenvalue weighted by molar-refractivity contribution is -0.135. The summed E-state index contributed by atoms with van der Waals surface area (Å²) in [5.41, 5.74) is 1.74. The Kier molecular flexibility index (Phi) is 3.76. The third-order valence-electron chi connectivity index (χ3n) is 2.28. The van der Waals surface area contributed by atoms with Crippen molar-refractivity contribution in [2.24, 2.45) is 0 Å². The van der Waals surface area contributed by atoms with Crippen LogP contribution in [0.3, 0.4) is 0 Å². The summed E-state index contributed by atoms with van der Waals surface area (Å²) in [6.07, 6.45) is -0.424. The molecule has 4 heteroatoms. The maximum Gasteiger partial charge on any atom is 0.315 e. The van der Waals surface area contributed by atoms with E-state index in [1.165, 1.54) is 0 Å². The van der Waals surface area contributed by atoms with E-state index in [0.717, 1.165) is 11.1 Å². The van der Waals surface area contributed by atoms with Crippen LogP contribution in [0.1, 0.15) is 23.8 Å². The van der Waals surface area contributed by atoms with Crippen molar-refractivity contribution in [3.05, 3.63) is 35.4 Å². The van der Waals surface area contributed by atoms with Gasteiger partial charge in [0.1, 0.15) is 6.42 Å². The number of carbonyl (C=O) groups is 1. The molecule has 4 nitrogen and oxygen atoms in total. The van der Waals surface area contributed by atoms with Crippen molar-refractivity contribution >= 4 is 5.97 Å². The van der Waals surface area contributed by atoms with Crippen molar-refractivity contribution in [3.63, 3.8) is 0 Å². The van der Waals surface area contributed by atoms with Gasteiger partial charge in [-0.1, -0.05) is 24.0 Å². The zero-order chi connectivity index (χ0) is 12.1. The Labute approximate surface area is 99.2 Å². The van der Waals surface area contributed by atoms with Crippen LogP contribution in [0.4, 0.5) is 0 Å². The number of benzene rings is 1. The molecule has 0 aliphatic carbocycles. The van der Waals surface area contributed by atoms with Crippen molar-refractivity contribution < 1.29 is 19.4 Å². The summed E-state index contributed by atoms with van der Waals surface area (Å²) in [6, 6.07) is 7.41. The summed E-state index contributed by atoms with van der Waals surface area (Å²) in [7, 11) is 0. The molecule has 0 aromatic heterocycles. The summed E-state index contributed by atoms with van der Waals surface area (Å²) in [5.74, 6) is 4.44. The molecule has 88 valence electrons. The molecule has 1 aliphatic rings. The van der Waals surface area contributed by atoms with E-state index in [-0.39, 0.29) is 12.7 Å². The van der Waals surface area contributed by atoms with Crippen molar-refractivity contribution in [1.29, 1.82) is 0 Å². The molecule has 0 bridgehead atoms. The van der Waals surface area contributed by atoms with Crippen molar-refractivity contribution in [2.45, 2.75) is 12.7 Å². The number of carboxylic acids is 1. The highest BCUT2D eigenvalue weighted by molar-refractivity contribution is 5.70. The molecular weight excluding hydrogens is 220 g/mol. The van der Waals surface area contributed by atoms with Gasteiger partial charge in [0.15, 0.2) is 6.29 Å². The van der Waals surface area contributed by atoms with E-state index in [2.05, 4.69) is 11.8 Å². The van der Waals surface area contributed by atoms with Gasteiger partial charge in [0.05, 0.1) is 13.2 Å². The number of carboxylic acid groups (broad SMARTS) is 1. The first-order valence-corrected chi connectivity index (χ1v) is 5.29. The van der Waals surface area contributed by atoms with E-state index < -0.39 is 5.97 Å². The summed E-state index contributed by atoms with van der Waals surface area (Å²) in [6.45, 7) is 1.23. The van der Waals surface area contributed by atoms with Gasteiger partial charge in [0.2, 0.25) is 0 Å². The standard InChI is InChI=1S/C13H12O4/c14-12(15)3-1-2-10-4-6-11(7-5-10)13-16-8-9-17-13/h4-7,13H,3,8-9H2,(H,14,15). The van der Waals surface area contributed by atoms with Crippen LogP contribution in [-0.2, 0) is 14.3 Å². The molecular formula is C13H12O4. The molecule has 1 heterocycles. The molecule has 0 radical (unpaired) electrons. The molecule has 1 aromatic rings. The quantitative estimate of drug-likeness (QED) is 0.786. The Morgan fingerprint density at radius 3 is 2.53 bits per heavy atom. The second-order valence-corrected chi connectivity index (χ2v) is 3.57. The van der Waals surface area contributed by atoms with Gasteiger partial charge in [-0.3, -0.25) is 4.79 Å². The van der Waals surface area contributed by atoms with Gasteiger partial charge in [0, 0.05) is 11.1 Å². The van der Waals surface area contributed by atoms with Gasteiger partial charge >= 0.3 is 5.97 Å². The average molecular weight is 232 g/mol. The van der Waals surface area contributed by atoms with Crippen molar-refractivity contribution in [1.82, 2.24) is 0 Å². The fourth-order valence-corrected chi connectivity index (χ4v) is 1.50. The Hall–Kier alpha value is -1.83. The lowest BCUT2D eigenvalue weighted by Crippen LogP contribution is -1.97. The highest BCUT2D eigenvalue weighted by Gasteiger charge is 2.17. The molecule has 17 heavy (non-hydrogen) atoms. The number of rotatable bonds is 2. The number of hydrogen-bond donors (Lipinski definition) is 1. The summed E-state index contributed by atoms with van der Waals surface area (Å²) >= 11 is 0. The summed E-state index contributed by atoms with van der Waals surface area (Å²) in [4.78, 5) is 10.3. The van der Waals surface area contributed by atoms with Gasteiger partial charge in [-0.25, -0.2) is 0 Å². The van der Waals surface area contributed by atoms with Crippen LogP contribution in [0.5, 0.6) is 0 Å². The molecule has 0 amide bonds. The fraction of sp³-hybridized carbons (Fsp3) is 0.308. The summed E-state index contributed by atoms with van der Waals surface area (Å²) in [5, 5.41) is 8.44. The van der Waals surface area contributed by atoms with Crippen LogP contribution < -0.4 is 0 Å². The molecule has 2 rings (SSSR count). The Balaban J connectivity index is 2.01. The zero-order valence-corrected chi connectivity index (χ0v) is 9.18. The smallest absolute Gasteiger partial charge is 0.315 e. The molecule has 1 aromatic carbocycles. The van der Waals surface area contributed by atoms with Crippen LogP contribution in [0.15, 0.2) is 24.3 Å². The van der Waals surface area contributed by atoms with Crippen molar-refractivity contribution in [3.8, 4) is 11.8 Å².